The van der Waals surface area contributed by atoms with E-state index in [4.69, 9.17) is 4.74 Å². The highest BCUT2D eigenvalue weighted by atomic mass is 32.2. The first-order valence-corrected chi connectivity index (χ1v) is 10.9. The highest BCUT2D eigenvalue weighted by Gasteiger charge is 2.71. The number of hydrogen-bond donors (Lipinski definition) is 1. The van der Waals surface area contributed by atoms with Crippen LogP contribution in [0.15, 0.2) is 48.7 Å². The van der Waals surface area contributed by atoms with Crippen molar-refractivity contribution < 1.29 is 17.9 Å². The minimum absolute atomic E-state index is 0.106. The largest absolute Gasteiger partial charge is 0.485 e. The van der Waals surface area contributed by atoms with Gasteiger partial charge in [0, 0.05) is 12.6 Å². The molecule has 148 valence electrons. The number of pyridine rings is 1. The van der Waals surface area contributed by atoms with Gasteiger partial charge in [0.25, 0.3) is 0 Å². The highest BCUT2D eigenvalue weighted by molar-refractivity contribution is 7.95. The first kappa shape index (κ1) is 18.9. The van der Waals surface area contributed by atoms with Gasteiger partial charge >= 0.3 is 0 Å². The Labute approximate surface area is 165 Å². The predicted molar refractivity (Wildman–Crippen MR) is 106 cm³/mol. The van der Waals surface area contributed by atoms with Crippen LogP contribution >= 0.6 is 0 Å². The molecule has 1 heterocycles. The number of Topliss-reactive ketones (excluding diaryl/α,β-unsaturated/α-hetero) is 1. The monoisotopic (exact) mass is 400 g/mol. The quantitative estimate of drug-likeness (QED) is 0.801. The summed E-state index contributed by atoms with van der Waals surface area (Å²) in [4.78, 5) is 16.9. The molecule has 2 aliphatic rings. The molecule has 0 saturated heterocycles. The molecule has 0 aliphatic heterocycles. The van der Waals surface area contributed by atoms with Gasteiger partial charge < -0.3 is 4.74 Å². The Morgan fingerprint density at radius 3 is 2.57 bits per heavy atom. The van der Waals surface area contributed by atoms with Gasteiger partial charge in [0.05, 0.1) is 0 Å². The van der Waals surface area contributed by atoms with Gasteiger partial charge in [-0.25, -0.2) is 13.4 Å². The number of anilines is 1. The second kappa shape index (κ2) is 6.58. The summed E-state index contributed by atoms with van der Waals surface area (Å²) in [7, 11) is -3.99. The third-order valence-electron chi connectivity index (χ3n) is 6.49. The number of ether oxygens (including phenoxy) is 1. The number of rotatable bonds is 6. The van der Waals surface area contributed by atoms with Gasteiger partial charge in [-0.05, 0) is 41.9 Å². The zero-order valence-electron chi connectivity index (χ0n) is 16.0. The summed E-state index contributed by atoms with van der Waals surface area (Å²) >= 11 is 0. The third-order valence-corrected chi connectivity index (χ3v) is 8.82. The van der Waals surface area contributed by atoms with Gasteiger partial charge in [0.1, 0.15) is 6.61 Å². The average Bonchev–Trinajstić information content (AvgIpc) is 3.04. The molecule has 0 spiro atoms. The number of benzene rings is 1. The van der Waals surface area contributed by atoms with E-state index in [2.05, 4.69) is 9.71 Å². The van der Waals surface area contributed by atoms with Crippen molar-refractivity contribution in [3.63, 3.8) is 0 Å². The zero-order valence-corrected chi connectivity index (χ0v) is 16.8. The molecule has 6 nitrogen and oxygen atoms in total. The molecule has 4 rings (SSSR count). The number of aromatic nitrogens is 1. The van der Waals surface area contributed by atoms with Crippen LogP contribution in [0.4, 0.5) is 5.82 Å². The van der Waals surface area contributed by atoms with Gasteiger partial charge in [-0.3, -0.25) is 9.52 Å². The van der Waals surface area contributed by atoms with Crippen molar-refractivity contribution in [1.29, 1.82) is 0 Å². The molecule has 1 aromatic heterocycles. The van der Waals surface area contributed by atoms with Gasteiger partial charge in [-0.15, -0.1) is 0 Å². The Balaban J connectivity index is 1.62. The molecule has 0 unspecified atom stereocenters. The maximum absolute atomic E-state index is 13.4. The molecule has 7 heteroatoms. The normalized spacial score (nSPS) is 25.6. The van der Waals surface area contributed by atoms with Crippen LogP contribution < -0.4 is 9.46 Å². The lowest BCUT2D eigenvalue weighted by Crippen LogP contribution is -2.53. The van der Waals surface area contributed by atoms with Crippen LogP contribution in [0.5, 0.6) is 5.75 Å². The predicted octanol–water partition coefficient (Wildman–Crippen LogP) is 3.55. The molecule has 28 heavy (non-hydrogen) atoms. The fourth-order valence-corrected chi connectivity index (χ4v) is 7.01. The molecular weight excluding hydrogens is 376 g/mol. The SMILES string of the molecule is CC1(C)[C@@H]2CC[C@]1(S(=O)(=O)Nc1ncccc1OCc1ccccc1)C(=O)C2. The number of fused-ring (bicyclic) bond motifs is 2. The molecule has 1 N–H and O–H groups in total. The summed E-state index contributed by atoms with van der Waals surface area (Å²) in [6.45, 7) is 4.07. The minimum Gasteiger partial charge on any atom is -0.485 e. The van der Waals surface area contributed by atoms with E-state index < -0.39 is 20.2 Å². The minimum atomic E-state index is -3.99. The summed E-state index contributed by atoms with van der Waals surface area (Å²) in [6.07, 6.45) is 2.93. The molecule has 2 aromatic rings. The average molecular weight is 401 g/mol. The van der Waals surface area contributed by atoms with Crippen molar-refractivity contribution in [2.45, 2.75) is 44.5 Å². The fraction of sp³-hybridized carbons (Fsp3) is 0.429. The standard InChI is InChI=1S/C21H24N2O4S/c1-20(2)16-10-11-21(20,18(24)13-16)28(25,26)23-19-17(9-6-12-22-19)27-14-15-7-4-3-5-8-15/h3-9,12,16H,10-11,13-14H2,1-2H3,(H,22,23)/t16-,21+/m1/s1. The molecule has 2 aliphatic carbocycles. The van der Waals surface area contributed by atoms with Gasteiger partial charge in [0.15, 0.2) is 22.1 Å². The van der Waals surface area contributed by atoms with Crippen molar-refractivity contribution in [1.82, 2.24) is 4.98 Å². The Bertz CT molecular complexity index is 1000. The van der Waals surface area contributed by atoms with Crippen molar-refractivity contribution in [2.75, 3.05) is 4.72 Å². The molecule has 1 aromatic carbocycles. The summed E-state index contributed by atoms with van der Waals surface area (Å²) < 4.78 is 33.8. The fourth-order valence-electron chi connectivity index (χ4n) is 4.80. The summed E-state index contributed by atoms with van der Waals surface area (Å²) in [5.74, 6) is 0.369. The number of carbonyl (C=O) groups excluding carboxylic acids is 1. The van der Waals surface area contributed by atoms with E-state index in [1.165, 1.54) is 6.20 Å². The Morgan fingerprint density at radius 1 is 1.18 bits per heavy atom. The van der Waals surface area contributed by atoms with Crippen LogP contribution in [0.3, 0.4) is 0 Å². The molecular formula is C21H24N2O4S. The van der Waals surface area contributed by atoms with Crippen LogP contribution in [0, 0.1) is 11.3 Å². The van der Waals surface area contributed by atoms with Crippen molar-refractivity contribution in [3.8, 4) is 5.75 Å². The van der Waals surface area contributed by atoms with E-state index in [9.17, 15) is 13.2 Å². The van der Waals surface area contributed by atoms with Crippen LogP contribution in [0.25, 0.3) is 0 Å². The van der Waals surface area contributed by atoms with Gasteiger partial charge in [-0.2, -0.15) is 0 Å². The summed E-state index contributed by atoms with van der Waals surface area (Å²) in [6, 6.07) is 13.0. The highest BCUT2D eigenvalue weighted by Crippen LogP contribution is 2.62. The Hall–Kier alpha value is -2.41. The number of carbonyl (C=O) groups is 1. The lowest BCUT2D eigenvalue weighted by molar-refractivity contribution is -0.121. The lowest BCUT2D eigenvalue weighted by Gasteiger charge is -2.35. The first-order chi connectivity index (χ1) is 13.3. The van der Waals surface area contributed by atoms with Crippen LogP contribution in [0.2, 0.25) is 0 Å². The second-order valence-corrected chi connectivity index (χ2v) is 10.0. The van der Waals surface area contributed by atoms with Crippen molar-refractivity contribution >= 4 is 21.6 Å². The number of hydrogen-bond acceptors (Lipinski definition) is 5. The smallest absolute Gasteiger partial charge is 0.247 e. The van der Waals surface area contributed by atoms with E-state index >= 15 is 0 Å². The molecule has 2 atom stereocenters. The van der Waals surface area contributed by atoms with Crippen LogP contribution in [-0.4, -0.2) is 23.9 Å². The van der Waals surface area contributed by atoms with Crippen molar-refractivity contribution in [2.24, 2.45) is 11.3 Å². The zero-order chi connectivity index (χ0) is 20.0. The van der Waals surface area contributed by atoms with Gasteiger partial charge in [0.2, 0.25) is 10.0 Å². The molecule has 2 fully saturated rings. The number of sulfonamides is 1. The Kier molecular flexibility index (Phi) is 4.45. The molecule has 0 amide bonds. The van der Waals surface area contributed by atoms with E-state index in [1.54, 1.807) is 12.1 Å². The maximum atomic E-state index is 13.4. The number of nitrogens with one attached hydrogen (secondary N) is 1. The third kappa shape index (κ3) is 2.71. The topological polar surface area (TPSA) is 85.4 Å². The second-order valence-electron chi connectivity index (χ2n) is 8.14. The number of ketones is 1. The van der Waals surface area contributed by atoms with E-state index in [1.807, 2.05) is 44.2 Å². The van der Waals surface area contributed by atoms with Gasteiger partial charge in [-0.1, -0.05) is 44.2 Å². The van der Waals surface area contributed by atoms with Crippen LogP contribution in [-0.2, 0) is 21.4 Å². The Morgan fingerprint density at radius 2 is 1.93 bits per heavy atom. The molecule has 0 radical (unpaired) electrons. The van der Waals surface area contributed by atoms with E-state index in [0.29, 0.717) is 25.2 Å². The van der Waals surface area contributed by atoms with Crippen LogP contribution in [0.1, 0.15) is 38.7 Å². The summed E-state index contributed by atoms with van der Waals surface area (Å²) in [5, 5.41) is 0. The lowest BCUT2D eigenvalue weighted by atomic mass is 9.81. The molecule has 2 saturated carbocycles. The van der Waals surface area contributed by atoms with Crippen molar-refractivity contribution in [3.05, 3.63) is 54.2 Å². The number of nitrogens with zero attached hydrogens (tertiary/aromatic N) is 1. The van der Waals surface area contributed by atoms with E-state index in [0.717, 1.165) is 12.0 Å². The summed E-state index contributed by atoms with van der Waals surface area (Å²) in [5.41, 5.74) is 0.361. The maximum Gasteiger partial charge on any atom is 0.247 e. The molecule has 2 bridgehead atoms. The van der Waals surface area contributed by atoms with E-state index in [-0.39, 0.29) is 17.5 Å². The first-order valence-electron chi connectivity index (χ1n) is 9.45.